The monoisotopic (exact) mass is 163 g/mol. The molecule has 12 heavy (non-hydrogen) atoms. The molecule has 0 atom stereocenters. The van der Waals surface area contributed by atoms with Gasteiger partial charge in [-0.15, -0.1) is 0 Å². The maximum Gasteiger partial charge on any atom is 0.270 e. The van der Waals surface area contributed by atoms with Gasteiger partial charge >= 0.3 is 0 Å². The second-order valence-corrected chi connectivity index (χ2v) is 2.70. The van der Waals surface area contributed by atoms with Crippen molar-refractivity contribution in [3.8, 4) is 0 Å². The van der Waals surface area contributed by atoms with E-state index in [2.05, 4.69) is 15.3 Å². The summed E-state index contributed by atoms with van der Waals surface area (Å²) in [7, 11) is 0. The van der Waals surface area contributed by atoms with Crippen LogP contribution in [0.4, 0.5) is 0 Å². The van der Waals surface area contributed by atoms with Crippen LogP contribution in [0.25, 0.3) is 0 Å². The molecule has 1 aliphatic rings. The molecular formula is C8H9N3O. The zero-order valence-corrected chi connectivity index (χ0v) is 6.79. The van der Waals surface area contributed by atoms with E-state index in [1.165, 1.54) is 0 Å². The van der Waals surface area contributed by atoms with Crippen LogP contribution in [0.3, 0.4) is 0 Å². The minimum Gasteiger partial charge on any atom is -0.346 e. The molecule has 0 aliphatic carbocycles. The van der Waals surface area contributed by atoms with E-state index in [0.717, 1.165) is 17.8 Å². The first kappa shape index (κ1) is 7.21. The molecule has 1 aromatic heterocycles. The fraction of sp³-hybridized carbons (Fsp3) is 0.375. The molecule has 1 aliphatic heterocycles. The van der Waals surface area contributed by atoms with E-state index < -0.39 is 0 Å². The molecule has 0 saturated heterocycles. The molecule has 2 heterocycles. The molecule has 4 nitrogen and oxygen atoms in total. The number of hydrogen-bond acceptors (Lipinski definition) is 3. The van der Waals surface area contributed by atoms with Crippen LogP contribution < -0.4 is 5.32 Å². The average molecular weight is 163 g/mol. The zero-order chi connectivity index (χ0) is 8.55. The Labute approximate surface area is 70.0 Å². The third kappa shape index (κ3) is 0.958. The lowest BCUT2D eigenvalue weighted by Crippen LogP contribution is -2.13. The van der Waals surface area contributed by atoms with Gasteiger partial charge in [-0.25, -0.2) is 9.97 Å². The predicted molar refractivity (Wildman–Crippen MR) is 42.6 cm³/mol. The summed E-state index contributed by atoms with van der Waals surface area (Å²) in [6, 6.07) is 0. The van der Waals surface area contributed by atoms with Crippen molar-refractivity contribution in [3.63, 3.8) is 0 Å². The summed E-state index contributed by atoms with van der Waals surface area (Å²) in [5.74, 6) is 0.646. The highest BCUT2D eigenvalue weighted by Gasteiger charge is 2.20. The van der Waals surface area contributed by atoms with Crippen molar-refractivity contribution >= 4 is 5.91 Å². The number of nitrogens with zero attached hydrogens (tertiary/aromatic N) is 2. The first-order valence-electron chi connectivity index (χ1n) is 3.94. The van der Waals surface area contributed by atoms with Crippen molar-refractivity contribution in [2.45, 2.75) is 19.9 Å². The Morgan fingerprint density at radius 1 is 1.67 bits per heavy atom. The van der Waals surface area contributed by atoms with E-state index in [1.807, 2.05) is 6.92 Å². The third-order valence-electron chi connectivity index (χ3n) is 1.89. The molecule has 0 aromatic carbocycles. The van der Waals surface area contributed by atoms with E-state index in [-0.39, 0.29) is 5.91 Å². The van der Waals surface area contributed by atoms with Crippen molar-refractivity contribution in [3.05, 3.63) is 23.3 Å². The lowest BCUT2D eigenvalue weighted by Gasteiger charge is -1.96. The van der Waals surface area contributed by atoms with Gasteiger partial charge in [0.15, 0.2) is 0 Å². The van der Waals surface area contributed by atoms with E-state index >= 15 is 0 Å². The zero-order valence-electron chi connectivity index (χ0n) is 6.79. The van der Waals surface area contributed by atoms with Crippen LogP contribution >= 0.6 is 0 Å². The Balaban J connectivity index is 2.50. The Morgan fingerprint density at radius 2 is 2.50 bits per heavy atom. The van der Waals surface area contributed by atoms with Crippen molar-refractivity contribution in [1.82, 2.24) is 15.3 Å². The maximum atomic E-state index is 11.1. The number of rotatable bonds is 1. The second-order valence-electron chi connectivity index (χ2n) is 2.70. The number of aryl methyl sites for hydroxylation is 1. The van der Waals surface area contributed by atoms with Crippen LogP contribution in [0.1, 0.15) is 28.8 Å². The number of hydrogen-bond donors (Lipinski definition) is 1. The first-order chi connectivity index (χ1) is 5.81. The molecule has 4 heteroatoms. The normalized spacial score (nSPS) is 14.2. The van der Waals surface area contributed by atoms with E-state index in [1.54, 1.807) is 6.20 Å². The Kier molecular flexibility index (Phi) is 1.53. The average Bonchev–Trinajstić information content (AvgIpc) is 2.47. The van der Waals surface area contributed by atoms with Crippen molar-refractivity contribution in [1.29, 1.82) is 0 Å². The fourth-order valence-electron chi connectivity index (χ4n) is 1.20. The number of amides is 1. The Bertz CT molecular complexity index is 335. The number of carbonyl (C=O) groups is 1. The Hall–Kier alpha value is -1.45. The SMILES string of the molecule is CCc1ncc2c(n1)C(=O)NC2. The van der Waals surface area contributed by atoms with E-state index in [0.29, 0.717) is 12.2 Å². The van der Waals surface area contributed by atoms with Gasteiger partial charge in [0.2, 0.25) is 0 Å². The standard InChI is InChI=1S/C8H9N3O/c1-2-6-9-3-5-4-10-8(12)7(5)11-6/h3H,2,4H2,1H3,(H,10,12). The van der Waals surface area contributed by atoms with Gasteiger partial charge in [-0.05, 0) is 0 Å². The van der Waals surface area contributed by atoms with Gasteiger partial charge in [0, 0.05) is 24.7 Å². The van der Waals surface area contributed by atoms with Gasteiger partial charge in [-0.2, -0.15) is 0 Å². The quantitative estimate of drug-likeness (QED) is 0.647. The molecule has 1 N–H and O–H groups in total. The van der Waals surface area contributed by atoms with Crippen molar-refractivity contribution in [2.24, 2.45) is 0 Å². The highest BCUT2D eigenvalue weighted by atomic mass is 16.2. The molecule has 0 unspecified atom stereocenters. The molecule has 0 radical (unpaired) electrons. The number of nitrogens with one attached hydrogen (secondary N) is 1. The van der Waals surface area contributed by atoms with Crippen LogP contribution in [0, 0.1) is 0 Å². The summed E-state index contributed by atoms with van der Waals surface area (Å²) < 4.78 is 0. The number of fused-ring (bicyclic) bond motifs is 1. The number of carbonyl (C=O) groups excluding carboxylic acids is 1. The molecule has 0 bridgehead atoms. The van der Waals surface area contributed by atoms with E-state index in [9.17, 15) is 4.79 Å². The summed E-state index contributed by atoms with van der Waals surface area (Å²) in [4.78, 5) is 19.4. The summed E-state index contributed by atoms with van der Waals surface area (Å²) in [5, 5.41) is 2.69. The largest absolute Gasteiger partial charge is 0.346 e. The summed E-state index contributed by atoms with van der Waals surface area (Å²) in [5.41, 5.74) is 1.44. The molecule has 2 rings (SSSR count). The summed E-state index contributed by atoms with van der Waals surface area (Å²) >= 11 is 0. The van der Waals surface area contributed by atoms with E-state index in [4.69, 9.17) is 0 Å². The minimum atomic E-state index is -0.0814. The molecule has 1 amide bonds. The molecule has 62 valence electrons. The molecule has 1 aromatic rings. The van der Waals surface area contributed by atoms with Crippen LogP contribution in [0.5, 0.6) is 0 Å². The molecule has 0 spiro atoms. The van der Waals surface area contributed by atoms with Crippen molar-refractivity contribution in [2.75, 3.05) is 0 Å². The summed E-state index contributed by atoms with van der Waals surface area (Å²) in [6.07, 6.45) is 2.49. The van der Waals surface area contributed by atoms with Gasteiger partial charge in [0.1, 0.15) is 11.5 Å². The highest BCUT2D eigenvalue weighted by Crippen LogP contribution is 2.11. The number of aromatic nitrogens is 2. The smallest absolute Gasteiger partial charge is 0.270 e. The first-order valence-corrected chi connectivity index (χ1v) is 3.94. The van der Waals surface area contributed by atoms with Gasteiger partial charge in [0.05, 0.1) is 0 Å². The topological polar surface area (TPSA) is 54.9 Å². The third-order valence-corrected chi connectivity index (χ3v) is 1.89. The summed E-state index contributed by atoms with van der Waals surface area (Å²) in [6.45, 7) is 2.53. The lowest BCUT2D eigenvalue weighted by atomic mass is 10.2. The Morgan fingerprint density at radius 3 is 3.25 bits per heavy atom. The second kappa shape index (κ2) is 2.55. The van der Waals surface area contributed by atoms with Gasteiger partial charge in [-0.1, -0.05) is 6.92 Å². The van der Waals surface area contributed by atoms with Gasteiger partial charge in [0.25, 0.3) is 5.91 Å². The van der Waals surface area contributed by atoms with Crippen LogP contribution in [0.15, 0.2) is 6.20 Å². The lowest BCUT2D eigenvalue weighted by molar-refractivity contribution is 0.0961. The van der Waals surface area contributed by atoms with Gasteiger partial charge < -0.3 is 5.32 Å². The van der Waals surface area contributed by atoms with Gasteiger partial charge in [-0.3, -0.25) is 4.79 Å². The van der Waals surface area contributed by atoms with Crippen LogP contribution in [0.2, 0.25) is 0 Å². The fourth-order valence-corrected chi connectivity index (χ4v) is 1.20. The predicted octanol–water partition coefficient (Wildman–Crippen LogP) is 0.282. The molecular weight excluding hydrogens is 154 g/mol. The molecule has 0 fully saturated rings. The van der Waals surface area contributed by atoms with Crippen LogP contribution in [-0.4, -0.2) is 15.9 Å². The molecule has 0 saturated carbocycles. The maximum absolute atomic E-state index is 11.1. The van der Waals surface area contributed by atoms with Crippen LogP contribution in [-0.2, 0) is 13.0 Å². The minimum absolute atomic E-state index is 0.0814. The van der Waals surface area contributed by atoms with Crippen molar-refractivity contribution < 1.29 is 4.79 Å². The highest BCUT2D eigenvalue weighted by molar-refractivity contribution is 5.96.